The fourth-order valence-electron chi connectivity index (χ4n) is 6.24. The molecule has 1 rings (SSSR count). The largest absolute Gasteiger partial charge is 0.339 e. The van der Waals surface area contributed by atoms with Crippen molar-refractivity contribution in [3.05, 3.63) is 11.3 Å². The van der Waals surface area contributed by atoms with Gasteiger partial charge in [0.1, 0.15) is 0 Å². The molecule has 0 bridgehead atoms. The van der Waals surface area contributed by atoms with E-state index in [-0.39, 0.29) is 0 Å². The molecular weight excluding hydrogens is 395 g/mol. The Balaban J connectivity index is 3.61. The second kappa shape index (κ2) is 8.84. The summed E-state index contributed by atoms with van der Waals surface area (Å²) in [4.78, 5) is 15.8. The van der Waals surface area contributed by atoms with E-state index < -0.39 is 29.4 Å². The molecule has 0 saturated carbocycles. The SMILES string of the molecule is CC(C)CN1CCCCCC(=C[Si]([Si](C)(C)C)([Si](C)(C)C)[Si](C)(C)C)C1=O. The Bertz CT molecular complexity index is 514. The summed E-state index contributed by atoms with van der Waals surface area (Å²) in [7, 11) is -4.17. The van der Waals surface area contributed by atoms with Gasteiger partial charge in [0.25, 0.3) is 0 Å². The van der Waals surface area contributed by atoms with Crippen LogP contribution >= 0.6 is 0 Å². The topological polar surface area (TPSA) is 20.3 Å². The molecule has 6 heteroatoms. The maximum atomic E-state index is 13.6. The molecule has 158 valence electrons. The van der Waals surface area contributed by atoms with Crippen LogP contribution in [0.15, 0.2) is 11.3 Å². The van der Waals surface area contributed by atoms with Crippen molar-refractivity contribution in [2.45, 2.75) is 98.5 Å². The summed E-state index contributed by atoms with van der Waals surface area (Å²) >= 11 is 0. The average molecular weight is 442 g/mol. The number of likely N-dealkylation sites (tertiary alicyclic amines) is 1. The molecule has 0 unspecified atom stereocenters. The monoisotopic (exact) mass is 441 g/mol. The van der Waals surface area contributed by atoms with Gasteiger partial charge in [0, 0.05) is 41.4 Å². The van der Waals surface area contributed by atoms with Crippen molar-refractivity contribution >= 4 is 35.3 Å². The normalized spacial score (nSPS) is 20.2. The molecule has 0 aromatic heterocycles. The Hall–Kier alpha value is 0.0775. The summed E-state index contributed by atoms with van der Waals surface area (Å²) in [6.45, 7) is 28.3. The average Bonchev–Trinajstić information content (AvgIpc) is 2.41. The van der Waals surface area contributed by atoms with Crippen molar-refractivity contribution in [3.8, 4) is 0 Å². The summed E-state index contributed by atoms with van der Waals surface area (Å²) < 4.78 is 0. The van der Waals surface area contributed by atoms with Crippen molar-refractivity contribution in [1.29, 1.82) is 0 Å². The van der Waals surface area contributed by atoms with E-state index in [0.717, 1.165) is 19.5 Å². The smallest absolute Gasteiger partial charge is 0.249 e. The molecule has 0 spiro atoms. The van der Waals surface area contributed by atoms with Crippen LogP contribution in [-0.4, -0.2) is 53.3 Å². The quantitative estimate of drug-likeness (QED) is 0.354. The summed E-state index contributed by atoms with van der Waals surface area (Å²) in [5, 5.41) is 0. The third-order valence-corrected chi connectivity index (χ3v) is 77.4. The van der Waals surface area contributed by atoms with E-state index in [1.807, 2.05) is 0 Å². The first-order valence-electron chi connectivity index (χ1n) is 11.1. The second-order valence-corrected chi connectivity index (χ2v) is 52.7. The van der Waals surface area contributed by atoms with E-state index in [0.29, 0.717) is 11.8 Å². The van der Waals surface area contributed by atoms with Crippen LogP contribution in [0.2, 0.25) is 58.9 Å². The minimum atomic E-state index is -1.63. The number of carbonyl (C=O) groups is 1. The van der Waals surface area contributed by atoms with Gasteiger partial charge in [-0.2, -0.15) is 0 Å². The lowest BCUT2D eigenvalue weighted by Crippen LogP contribution is -2.82. The third kappa shape index (κ3) is 5.57. The summed E-state index contributed by atoms with van der Waals surface area (Å²) in [5.41, 5.74) is 3.97. The van der Waals surface area contributed by atoms with Gasteiger partial charge >= 0.3 is 0 Å². The highest BCUT2D eigenvalue weighted by molar-refractivity contribution is 7.90. The van der Waals surface area contributed by atoms with Crippen molar-refractivity contribution in [2.24, 2.45) is 5.92 Å². The lowest BCUT2D eigenvalue weighted by Gasteiger charge is -2.56. The van der Waals surface area contributed by atoms with Crippen molar-refractivity contribution in [2.75, 3.05) is 13.1 Å². The first-order valence-corrected chi connectivity index (χ1v) is 26.6. The molecule has 0 aromatic rings. The molecule has 0 aromatic carbocycles. The third-order valence-electron chi connectivity index (χ3n) is 6.46. The van der Waals surface area contributed by atoms with Gasteiger partial charge in [0.15, 0.2) is 0 Å². The Morgan fingerprint density at radius 3 is 1.74 bits per heavy atom. The van der Waals surface area contributed by atoms with E-state index in [2.05, 4.69) is 83.4 Å². The highest BCUT2D eigenvalue weighted by Crippen LogP contribution is 2.39. The summed E-state index contributed by atoms with van der Waals surface area (Å²) in [6, 6.07) is 0. The van der Waals surface area contributed by atoms with Crippen molar-refractivity contribution in [1.82, 2.24) is 4.90 Å². The Labute approximate surface area is 173 Å². The lowest BCUT2D eigenvalue weighted by atomic mass is 10.0. The van der Waals surface area contributed by atoms with E-state index in [4.69, 9.17) is 0 Å². The maximum Gasteiger partial charge on any atom is 0.249 e. The van der Waals surface area contributed by atoms with Gasteiger partial charge in [-0.05, 0) is 25.2 Å². The molecule has 1 fully saturated rings. The number of hydrogen-bond donors (Lipinski definition) is 0. The molecule has 27 heavy (non-hydrogen) atoms. The highest BCUT2D eigenvalue weighted by atomic mass is 29.9. The van der Waals surface area contributed by atoms with E-state index >= 15 is 0 Å². The van der Waals surface area contributed by atoms with Crippen LogP contribution in [0.3, 0.4) is 0 Å². The minimum absolute atomic E-state index is 0.384. The fourth-order valence-corrected chi connectivity index (χ4v) is 102. The molecule has 1 aliphatic heterocycles. The molecule has 1 aliphatic rings. The van der Waals surface area contributed by atoms with Crippen molar-refractivity contribution < 1.29 is 4.79 Å². The number of hydrogen-bond acceptors (Lipinski definition) is 1. The first kappa shape index (κ1) is 25.1. The van der Waals surface area contributed by atoms with Crippen LogP contribution in [0.1, 0.15) is 39.5 Å². The maximum absolute atomic E-state index is 13.6. The molecule has 0 N–H and O–H groups in total. The standard InChI is InChI=1S/C21H47NOSi4/c1-19(2)17-22-16-14-12-13-15-20(21(22)23)18-27(24(3,4)5,25(6,7)8)26(9,10)11/h18-19H,12-17H2,1-11H3. The summed E-state index contributed by atoms with van der Waals surface area (Å²) in [5.74, 6) is 0.928. The zero-order chi connectivity index (χ0) is 21.3. The lowest BCUT2D eigenvalue weighted by molar-refractivity contribution is -0.128. The van der Waals surface area contributed by atoms with Gasteiger partial charge < -0.3 is 4.90 Å². The Kier molecular flexibility index (Phi) is 8.22. The molecule has 0 radical (unpaired) electrons. The van der Waals surface area contributed by atoms with Crippen molar-refractivity contribution in [3.63, 3.8) is 0 Å². The van der Waals surface area contributed by atoms with Gasteiger partial charge in [-0.15, -0.1) is 0 Å². The Morgan fingerprint density at radius 2 is 1.33 bits per heavy atom. The molecule has 1 heterocycles. The molecule has 1 amide bonds. The van der Waals surface area contributed by atoms with Crippen LogP contribution in [0, 0.1) is 5.92 Å². The highest BCUT2D eigenvalue weighted by Gasteiger charge is 2.60. The molecular formula is C21H47NOSi4. The molecule has 2 nitrogen and oxygen atoms in total. The van der Waals surface area contributed by atoms with E-state index in [1.54, 1.807) is 0 Å². The van der Waals surface area contributed by atoms with Gasteiger partial charge in [-0.25, -0.2) is 0 Å². The first-order chi connectivity index (χ1) is 12.0. The van der Waals surface area contributed by atoms with Crippen LogP contribution in [0.4, 0.5) is 0 Å². The minimum Gasteiger partial charge on any atom is -0.339 e. The van der Waals surface area contributed by atoms with Crippen LogP contribution in [0.5, 0.6) is 0 Å². The molecule has 0 atom stereocenters. The number of amides is 1. The van der Waals surface area contributed by atoms with Crippen LogP contribution in [0.25, 0.3) is 0 Å². The van der Waals surface area contributed by atoms with E-state index in [1.165, 1.54) is 24.8 Å². The van der Waals surface area contributed by atoms with Crippen LogP contribution in [-0.2, 0) is 4.79 Å². The zero-order valence-electron chi connectivity index (χ0n) is 20.3. The molecule has 0 aliphatic carbocycles. The van der Waals surface area contributed by atoms with Crippen LogP contribution < -0.4 is 0 Å². The van der Waals surface area contributed by atoms with Gasteiger partial charge in [0.05, 0.1) is 6.63 Å². The fraction of sp³-hybridized carbons (Fsp3) is 0.857. The number of rotatable bonds is 6. The predicted octanol–water partition coefficient (Wildman–Crippen LogP) is 6.21. The Morgan fingerprint density at radius 1 is 0.852 bits per heavy atom. The number of nitrogens with zero attached hydrogens (tertiary/aromatic N) is 1. The van der Waals surface area contributed by atoms with Gasteiger partial charge in [-0.1, -0.05) is 84.9 Å². The van der Waals surface area contributed by atoms with E-state index in [9.17, 15) is 4.79 Å². The molecule has 1 saturated heterocycles. The second-order valence-electron chi connectivity index (χ2n) is 12.2. The number of carbonyl (C=O) groups excluding carboxylic acids is 1. The zero-order valence-corrected chi connectivity index (χ0v) is 24.3. The van der Waals surface area contributed by atoms with Gasteiger partial charge in [0.2, 0.25) is 5.91 Å². The summed E-state index contributed by atoms with van der Waals surface area (Å²) in [6.07, 6.45) is 4.65. The van der Waals surface area contributed by atoms with Gasteiger partial charge in [-0.3, -0.25) is 4.79 Å². The predicted molar refractivity (Wildman–Crippen MR) is 134 cm³/mol.